The summed E-state index contributed by atoms with van der Waals surface area (Å²) in [5.41, 5.74) is 1.54. The van der Waals surface area contributed by atoms with Crippen LogP contribution in [0.2, 0.25) is 5.02 Å². The molecule has 1 amide bonds. The van der Waals surface area contributed by atoms with E-state index in [1.807, 2.05) is 12.1 Å². The first kappa shape index (κ1) is 19.5. The van der Waals surface area contributed by atoms with Gasteiger partial charge in [-0.1, -0.05) is 47.1 Å². The Morgan fingerprint density at radius 1 is 1.19 bits per heavy atom. The minimum Gasteiger partial charge on any atom is -0.497 e. The summed E-state index contributed by atoms with van der Waals surface area (Å²) in [6.45, 7) is 0. The van der Waals surface area contributed by atoms with Gasteiger partial charge in [0.05, 0.1) is 24.8 Å². The molecule has 138 valence electrons. The molecule has 0 aliphatic carbocycles. The van der Waals surface area contributed by atoms with E-state index in [0.29, 0.717) is 21.0 Å². The van der Waals surface area contributed by atoms with E-state index in [-0.39, 0.29) is 5.91 Å². The smallest absolute Gasteiger partial charge is 0.243 e. The predicted octanol–water partition coefficient (Wildman–Crippen LogP) is 5.05. The molecule has 1 saturated heterocycles. The lowest BCUT2D eigenvalue weighted by atomic mass is 10.2. The zero-order chi connectivity index (χ0) is 19.2. The van der Waals surface area contributed by atoms with Gasteiger partial charge in [-0.3, -0.25) is 9.69 Å². The maximum Gasteiger partial charge on any atom is 0.243 e. The lowest BCUT2D eigenvalue weighted by Gasteiger charge is -2.15. The van der Waals surface area contributed by atoms with Crippen molar-refractivity contribution >= 4 is 63.0 Å². The van der Waals surface area contributed by atoms with Gasteiger partial charge in [0.15, 0.2) is 5.17 Å². The van der Waals surface area contributed by atoms with Crippen LogP contribution in [-0.2, 0) is 4.79 Å². The predicted molar refractivity (Wildman–Crippen MR) is 114 cm³/mol. The molecule has 1 heterocycles. The molecule has 0 radical (unpaired) electrons. The Kier molecular flexibility index (Phi) is 6.55. The second kappa shape index (κ2) is 9.08. The molecule has 0 N–H and O–H groups in total. The van der Waals surface area contributed by atoms with E-state index in [1.54, 1.807) is 49.6 Å². The fraction of sp³-hybridized carbons (Fsp3) is 0.105. The summed E-state index contributed by atoms with van der Waals surface area (Å²) in [5.74, 6) is 0.993. The normalized spacial score (nSPS) is 16.6. The average Bonchev–Trinajstić information content (AvgIpc) is 3.06. The van der Waals surface area contributed by atoms with Crippen molar-refractivity contribution in [3.63, 3.8) is 0 Å². The van der Waals surface area contributed by atoms with Crippen molar-refractivity contribution in [2.75, 3.05) is 17.8 Å². The van der Waals surface area contributed by atoms with Gasteiger partial charge in [-0.2, -0.15) is 5.10 Å². The van der Waals surface area contributed by atoms with Gasteiger partial charge in [0.25, 0.3) is 0 Å². The maximum absolute atomic E-state index is 12.2. The van der Waals surface area contributed by atoms with Crippen LogP contribution in [0.25, 0.3) is 5.03 Å². The zero-order valence-electron chi connectivity index (χ0n) is 14.3. The van der Waals surface area contributed by atoms with Gasteiger partial charge in [0.2, 0.25) is 5.91 Å². The van der Waals surface area contributed by atoms with Crippen molar-refractivity contribution < 1.29 is 9.53 Å². The van der Waals surface area contributed by atoms with E-state index in [0.717, 1.165) is 17.0 Å². The SMILES string of the molecule is COc1ccc(N2C(=O)CS/C2=N/N=C\C=C(/Cl)c2ccc(Cl)cc2)cc1. The molecular weight excluding hydrogens is 405 g/mol. The fourth-order valence-corrected chi connectivity index (χ4v) is 3.44. The molecular formula is C19H15Cl2N3O2S. The lowest BCUT2D eigenvalue weighted by Crippen LogP contribution is -2.28. The second-order valence-electron chi connectivity index (χ2n) is 5.38. The molecule has 0 aromatic heterocycles. The Hall–Kier alpha value is -2.28. The first-order chi connectivity index (χ1) is 13.1. The molecule has 1 aliphatic rings. The molecule has 3 rings (SSSR count). The van der Waals surface area contributed by atoms with Crippen molar-refractivity contribution in [3.05, 3.63) is 65.2 Å². The number of hydrogen-bond donors (Lipinski definition) is 0. The van der Waals surface area contributed by atoms with Crippen molar-refractivity contribution in [1.82, 2.24) is 0 Å². The summed E-state index contributed by atoms with van der Waals surface area (Å²) in [6.07, 6.45) is 3.12. The number of benzene rings is 2. The van der Waals surface area contributed by atoms with E-state index in [9.17, 15) is 4.79 Å². The molecule has 27 heavy (non-hydrogen) atoms. The number of rotatable bonds is 5. The number of methoxy groups -OCH3 is 1. The Morgan fingerprint density at radius 2 is 1.89 bits per heavy atom. The van der Waals surface area contributed by atoms with Crippen LogP contribution < -0.4 is 9.64 Å². The number of nitrogens with zero attached hydrogens (tertiary/aromatic N) is 3. The van der Waals surface area contributed by atoms with Gasteiger partial charge in [-0.05, 0) is 48.0 Å². The van der Waals surface area contributed by atoms with Crippen molar-refractivity contribution in [3.8, 4) is 5.75 Å². The maximum atomic E-state index is 12.2. The molecule has 0 saturated carbocycles. The van der Waals surface area contributed by atoms with Crippen LogP contribution in [0.4, 0.5) is 5.69 Å². The number of amides is 1. The van der Waals surface area contributed by atoms with E-state index in [4.69, 9.17) is 27.9 Å². The molecule has 0 unspecified atom stereocenters. The van der Waals surface area contributed by atoms with Crippen LogP contribution in [0, 0.1) is 0 Å². The number of carbonyl (C=O) groups excluding carboxylic acids is 1. The summed E-state index contributed by atoms with van der Waals surface area (Å²) in [6, 6.07) is 14.4. The summed E-state index contributed by atoms with van der Waals surface area (Å²) in [4.78, 5) is 13.7. The van der Waals surface area contributed by atoms with Gasteiger partial charge in [0, 0.05) is 10.1 Å². The highest BCUT2D eigenvalue weighted by molar-refractivity contribution is 8.15. The third kappa shape index (κ3) is 4.91. The first-order valence-electron chi connectivity index (χ1n) is 7.91. The van der Waals surface area contributed by atoms with Crippen LogP contribution in [0.15, 0.2) is 64.8 Å². The number of hydrogen-bond acceptors (Lipinski definition) is 5. The van der Waals surface area contributed by atoms with E-state index >= 15 is 0 Å². The van der Waals surface area contributed by atoms with Crippen molar-refractivity contribution in [2.45, 2.75) is 0 Å². The number of halogens is 2. The second-order valence-corrected chi connectivity index (χ2v) is 7.17. The van der Waals surface area contributed by atoms with E-state index in [2.05, 4.69) is 10.2 Å². The number of carbonyl (C=O) groups is 1. The van der Waals surface area contributed by atoms with Crippen molar-refractivity contribution in [2.24, 2.45) is 10.2 Å². The van der Waals surface area contributed by atoms with Crippen LogP contribution in [0.5, 0.6) is 5.75 Å². The standard InChI is InChI=1S/C19H15Cl2N3O2S/c1-26-16-8-6-15(7-9-16)24-18(25)12-27-19(24)23-22-11-10-17(21)13-2-4-14(20)5-3-13/h2-11H,12H2,1H3/b17-10-,22-11-,23-19+. The van der Waals surface area contributed by atoms with Gasteiger partial charge in [-0.15, -0.1) is 5.10 Å². The minimum absolute atomic E-state index is 0.0474. The molecule has 2 aromatic carbocycles. The monoisotopic (exact) mass is 419 g/mol. The molecule has 0 atom stereocenters. The third-order valence-electron chi connectivity index (χ3n) is 3.65. The summed E-state index contributed by atoms with van der Waals surface area (Å²) >= 11 is 13.4. The van der Waals surface area contributed by atoms with Crippen LogP contribution in [-0.4, -0.2) is 30.2 Å². The highest BCUT2D eigenvalue weighted by atomic mass is 35.5. The number of allylic oxidation sites excluding steroid dienone is 1. The van der Waals surface area contributed by atoms with Gasteiger partial charge in [-0.25, -0.2) is 0 Å². The van der Waals surface area contributed by atoms with E-state index < -0.39 is 0 Å². The Labute approximate surface area is 171 Å². The summed E-state index contributed by atoms with van der Waals surface area (Å²) in [7, 11) is 1.59. The van der Waals surface area contributed by atoms with Crippen molar-refractivity contribution in [1.29, 1.82) is 0 Å². The molecule has 8 heteroatoms. The van der Waals surface area contributed by atoms with Crippen LogP contribution in [0.1, 0.15) is 5.56 Å². The molecule has 0 bridgehead atoms. The van der Waals surface area contributed by atoms with Gasteiger partial charge >= 0.3 is 0 Å². The molecule has 2 aromatic rings. The number of thioether (sulfide) groups is 1. The van der Waals surface area contributed by atoms with Gasteiger partial charge < -0.3 is 4.74 Å². The molecule has 1 aliphatic heterocycles. The number of amidine groups is 1. The van der Waals surface area contributed by atoms with Crippen LogP contribution in [0.3, 0.4) is 0 Å². The number of ether oxygens (including phenoxy) is 1. The Bertz CT molecular complexity index is 910. The van der Waals surface area contributed by atoms with E-state index in [1.165, 1.54) is 22.9 Å². The lowest BCUT2D eigenvalue weighted by molar-refractivity contribution is -0.115. The summed E-state index contributed by atoms with van der Waals surface area (Å²) < 4.78 is 5.14. The quantitative estimate of drug-likeness (QED) is 0.503. The first-order valence-corrected chi connectivity index (χ1v) is 9.65. The van der Waals surface area contributed by atoms with Gasteiger partial charge in [0.1, 0.15) is 5.75 Å². The summed E-state index contributed by atoms with van der Waals surface area (Å²) in [5, 5.41) is 9.84. The zero-order valence-corrected chi connectivity index (χ0v) is 16.6. The highest BCUT2D eigenvalue weighted by Gasteiger charge is 2.29. The molecule has 1 fully saturated rings. The Morgan fingerprint density at radius 3 is 2.56 bits per heavy atom. The number of anilines is 1. The highest BCUT2D eigenvalue weighted by Crippen LogP contribution is 2.28. The Balaban J connectivity index is 1.74. The third-order valence-corrected chi connectivity index (χ3v) is 5.16. The van der Waals surface area contributed by atoms with Crippen LogP contribution >= 0.6 is 35.0 Å². The fourth-order valence-electron chi connectivity index (χ4n) is 2.31. The molecule has 0 spiro atoms. The molecule has 5 nitrogen and oxygen atoms in total. The minimum atomic E-state index is -0.0474. The average molecular weight is 420 g/mol. The largest absolute Gasteiger partial charge is 0.497 e. The topological polar surface area (TPSA) is 54.3 Å².